The smallest absolute Gasteiger partial charge is 0.142 e. The topological polar surface area (TPSA) is 29.3 Å². The lowest BCUT2D eigenvalue weighted by Gasteiger charge is -2.42. The molecule has 2 aromatic carbocycles. The van der Waals surface area contributed by atoms with Crippen molar-refractivity contribution in [1.82, 2.24) is 10.1 Å². The Bertz CT molecular complexity index is 921. The van der Waals surface area contributed by atoms with E-state index in [-0.39, 0.29) is 0 Å². The van der Waals surface area contributed by atoms with Crippen LogP contribution in [0.3, 0.4) is 0 Å². The molecule has 2 bridgehead atoms. The lowest BCUT2D eigenvalue weighted by Crippen LogP contribution is -2.44. The molecule has 0 amide bonds. The van der Waals surface area contributed by atoms with Crippen LogP contribution in [0.4, 0.5) is 0 Å². The van der Waals surface area contributed by atoms with E-state index in [1.165, 1.54) is 18.4 Å². The second-order valence-electron chi connectivity index (χ2n) is 7.86. The van der Waals surface area contributed by atoms with E-state index in [0.717, 1.165) is 28.5 Å². The predicted octanol–water partition coefficient (Wildman–Crippen LogP) is 5.73. The van der Waals surface area contributed by atoms with Crippen LogP contribution in [0.2, 0.25) is 5.02 Å². The molecule has 0 N–H and O–H groups in total. The monoisotopic (exact) mass is 377 g/mol. The van der Waals surface area contributed by atoms with Gasteiger partial charge >= 0.3 is 0 Å². The molecule has 5 rings (SSSR count). The molecule has 4 atom stereocenters. The molecule has 138 valence electrons. The summed E-state index contributed by atoms with van der Waals surface area (Å²) in [7, 11) is 2.27. The molecule has 0 saturated carbocycles. The maximum absolute atomic E-state index is 6.13. The van der Waals surface area contributed by atoms with E-state index in [2.05, 4.69) is 47.4 Å². The molecule has 0 unspecified atom stereocenters. The Balaban J connectivity index is 1.54. The molecule has 2 aliphatic rings. The van der Waals surface area contributed by atoms with Crippen LogP contribution < -0.4 is 0 Å². The van der Waals surface area contributed by atoms with Crippen molar-refractivity contribution in [3.8, 4) is 11.3 Å². The summed E-state index contributed by atoms with van der Waals surface area (Å²) in [4.78, 5) is 2.56. The Hall–Kier alpha value is -2.10. The van der Waals surface area contributed by atoms with E-state index in [1.54, 1.807) is 0 Å². The van der Waals surface area contributed by atoms with E-state index in [9.17, 15) is 0 Å². The van der Waals surface area contributed by atoms with Crippen LogP contribution in [-0.4, -0.2) is 29.2 Å². The second-order valence-corrected chi connectivity index (χ2v) is 8.30. The van der Waals surface area contributed by atoms with Crippen molar-refractivity contribution in [2.75, 3.05) is 7.05 Å². The van der Waals surface area contributed by atoms with Gasteiger partial charge in [-0.1, -0.05) is 59.2 Å². The third-order valence-electron chi connectivity index (χ3n) is 6.49. The highest BCUT2D eigenvalue weighted by Crippen LogP contribution is 2.51. The number of nitrogens with zero attached hydrogens (tertiary/aromatic N) is 2. The standard InChI is InChI=1S/C23H23ClN2O/c1-26-18-11-12-21(26)23(19(13-18)15-7-9-17(24)10-8-15)22-14-20(25-27-22)16-5-3-2-4-6-16/h2-10,14,18-19,21,23H,11-13H2,1H3/t18-,19+,21+,23-/m0/s1/i1-1. The Kier molecular flexibility index (Phi) is 4.30. The zero-order valence-electron chi connectivity index (χ0n) is 15.4. The number of fused-ring (bicyclic) bond motifs is 2. The molecule has 2 saturated heterocycles. The van der Waals surface area contributed by atoms with Gasteiger partial charge in [0.1, 0.15) is 11.5 Å². The van der Waals surface area contributed by atoms with Gasteiger partial charge in [-0.2, -0.15) is 0 Å². The maximum Gasteiger partial charge on any atom is 0.142 e. The van der Waals surface area contributed by atoms with Gasteiger partial charge in [0.05, 0.1) is 0 Å². The van der Waals surface area contributed by atoms with Gasteiger partial charge in [0.15, 0.2) is 0 Å². The van der Waals surface area contributed by atoms with Gasteiger partial charge in [0, 0.05) is 34.7 Å². The first-order chi connectivity index (χ1) is 13.2. The van der Waals surface area contributed by atoms with E-state index >= 15 is 0 Å². The summed E-state index contributed by atoms with van der Waals surface area (Å²) in [6.07, 6.45) is 3.64. The fourth-order valence-electron chi connectivity index (χ4n) is 5.10. The van der Waals surface area contributed by atoms with Gasteiger partial charge < -0.3 is 4.52 Å². The Labute approximate surface area is 164 Å². The Morgan fingerprint density at radius 3 is 2.59 bits per heavy atom. The predicted molar refractivity (Wildman–Crippen MR) is 108 cm³/mol. The summed E-state index contributed by atoms with van der Waals surface area (Å²) in [6.45, 7) is 0. The van der Waals surface area contributed by atoms with E-state index in [0.29, 0.717) is 23.9 Å². The molecule has 0 aliphatic carbocycles. The van der Waals surface area contributed by atoms with Crippen LogP contribution >= 0.6 is 11.6 Å². The van der Waals surface area contributed by atoms with Crippen LogP contribution in [-0.2, 0) is 0 Å². The van der Waals surface area contributed by atoms with E-state index in [1.807, 2.05) is 30.3 Å². The van der Waals surface area contributed by atoms with Crippen molar-refractivity contribution in [3.63, 3.8) is 0 Å². The van der Waals surface area contributed by atoms with Crippen molar-refractivity contribution < 1.29 is 4.52 Å². The molecule has 2 fully saturated rings. The highest BCUT2D eigenvalue weighted by Gasteiger charge is 2.48. The molecule has 2 aliphatic heterocycles. The highest BCUT2D eigenvalue weighted by molar-refractivity contribution is 6.30. The average molecular weight is 378 g/mol. The van der Waals surface area contributed by atoms with Crippen LogP contribution in [0.5, 0.6) is 0 Å². The van der Waals surface area contributed by atoms with Crippen LogP contribution in [0.25, 0.3) is 11.3 Å². The first-order valence-corrected chi connectivity index (χ1v) is 10.1. The van der Waals surface area contributed by atoms with Crippen molar-refractivity contribution in [2.45, 2.75) is 43.2 Å². The number of hydrogen-bond acceptors (Lipinski definition) is 3. The summed E-state index contributed by atoms with van der Waals surface area (Å²) >= 11 is 6.13. The zero-order chi connectivity index (χ0) is 18.4. The minimum Gasteiger partial charge on any atom is -0.360 e. The fraction of sp³-hybridized carbons (Fsp3) is 0.348. The fourth-order valence-corrected chi connectivity index (χ4v) is 5.22. The largest absolute Gasteiger partial charge is 0.360 e. The molecule has 1 aromatic heterocycles. The van der Waals surface area contributed by atoms with E-state index < -0.39 is 0 Å². The van der Waals surface area contributed by atoms with Crippen LogP contribution in [0.1, 0.15) is 42.4 Å². The highest BCUT2D eigenvalue weighted by atomic mass is 35.5. The molecule has 0 radical (unpaired) electrons. The molecule has 3 nitrogen and oxygen atoms in total. The summed E-state index contributed by atoms with van der Waals surface area (Å²) in [5.41, 5.74) is 3.37. The molecule has 3 heterocycles. The van der Waals surface area contributed by atoms with Gasteiger partial charge in [-0.05, 0) is 49.9 Å². The number of aromatic nitrogens is 1. The third kappa shape index (κ3) is 2.99. The lowest BCUT2D eigenvalue weighted by molar-refractivity contribution is 0.122. The van der Waals surface area contributed by atoms with Crippen molar-refractivity contribution in [3.05, 3.63) is 77.0 Å². The summed E-state index contributed by atoms with van der Waals surface area (Å²) in [5.74, 6) is 1.76. The van der Waals surface area contributed by atoms with Gasteiger partial charge in [0.25, 0.3) is 0 Å². The van der Waals surface area contributed by atoms with Crippen LogP contribution in [0, 0.1) is 0 Å². The number of benzene rings is 2. The molecule has 3 aromatic rings. The lowest BCUT2D eigenvalue weighted by atomic mass is 9.74. The maximum atomic E-state index is 6.13. The van der Waals surface area contributed by atoms with Gasteiger partial charge in [-0.25, -0.2) is 0 Å². The Morgan fingerprint density at radius 1 is 1.04 bits per heavy atom. The molecular formula is C23H23ClN2O. The molecule has 4 heteroatoms. The van der Waals surface area contributed by atoms with Crippen molar-refractivity contribution >= 4 is 11.6 Å². The van der Waals surface area contributed by atoms with Crippen molar-refractivity contribution in [2.24, 2.45) is 0 Å². The average Bonchev–Trinajstić information content (AvgIpc) is 3.26. The number of hydrogen-bond donors (Lipinski definition) is 0. The summed E-state index contributed by atoms with van der Waals surface area (Å²) in [6, 6.07) is 21.9. The van der Waals surface area contributed by atoms with Gasteiger partial charge in [0.2, 0.25) is 0 Å². The summed E-state index contributed by atoms with van der Waals surface area (Å²) in [5, 5.41) is 5.19. The molecule has 0 spiro atoms. The third-order valence-corrected chi connectivity index (χ3v) is 6.75. The minimum atomic E-state index is 0.319. The van der Waals surface area contributed by atoms with Gasteiger partial charge in [-0.3, -0.25) is 4.90 Å². The second kappa shape index (κ2) is 6.81. The first kappa shape index (κ1) is 17.0. The number of likely N-dealkylation sites (N-methyl/N-ethyl adjacent to an activating group) is 1. The molecular weight excluding hydrogens is 355 g/mol. The van der Waals surface area contributed by atoms with E-state index in [4.69, 9.17) is 16.1 Å². The van der Waals surface area contributed by atoms with Gasteiger partial charge in [-0.15, -0.1) is 0 Å². The number of piperidine rings is 1. The SMILES string of the molecule is [11CH3]N1[C@H]2CC[C@@H]1[C@@H](c1cc(-c3ccccc3)no1)[C@@H](c1ccc(Cl)cc1)C2. The quantitative estimate of drug-likeness (QED) is 0.583. The number of rotatable bonds is 3. The minimum absolute atomic E-state index is 0.319. The zero-order valence-corrected chi connectivity index (χ0v) is 16.1. The van der Waals surface area contributed by atoms with Crippen LogP contribution in [0.15, 0.2) is 65.2 Å². The first-order valence-electron chi connectivity index (χ1n) is 9.70. The van der Waals surface area contributed by atoms with Crippen molar-refractivity contribution in [1.29, 1.82) is 0 Å². The summed E-state index contributed by atoms with van der Waals surface area (Å²) < 4.78 is 5.93. The number of halogens is 1. The molecule has 27 heavy (non-hydrogen) atoms. The normalized spacial score (nSPS) is 27.8. The Morgan fingerprint density at radius 2 is 1.81 bits per heavy atom.